The maximum Gasteiger partial charge on any atom is 0.259 e. The predicted octanol–water partition coefficient (Wildman–Crippen LogP) is 3.40. The number of amides is 3. The summed E-state index contributed by atoms with van der Waals surface area (Å²) in [7, 11) is 1.58. The van der Waals surface area contributed by atoms with E-state index >= 15 is 0 Å². The molecule has 0 unspecified atom stereocenters. The van der Waals surface area contributed by atoms with Gasteiger partial charge in [-0.25, -0.2) is 0 Å². The van der Waals surface area contributed by atoms with Crippen molar-refractivity contribution in [2.45, 2.75) is 25.8 Å². The molecular weight excluding hydrogens is 402 g/mol. The van der Waals surface area contributed by atoms with Gasteiger partial charge in [0.05, 0.1) is 5.69 Å². The van der Waals surface area contributed by atoms with Crippen molar-refractivity contribution in [3.05, 3.63) is 77.9 Å². The molecule has 1 aliphatic heterocycles. The third-order valence-electron chi connectivity index (χ3n) is 6.06. The smallest absolute Gasteiger partial charge is 0.259 e. The molecule has 0 aromatic heterocycles. The second-order valence-electron chi connectivity index (χ2n) is 7.93. The van der Waals surface area contributed by atoms with Crippen LogP contribution in [0, 0.1) is 0 Å². The van der Waals surface area contributed by atoms with E-state index in [1.807, 2.05) is 67.6 Å². The molecule has 32 heavy (non-hydrogen) atoms. The number of anilines is 1. The molecule has 0 fully saturated rings. The second kappa shape index (κ2) is 9.22. The van der Waals surface area contributed by atoms with Gasteiger partial charge in [0.15, 0.2) is 0 Å². The Hall–Kier alpha value is -3.67. The van der Waals surface area contributed by atoms with Crippen molar-refractivity contribution < 1.29 is 14.4 Å². The minimum absolute atomic E-state index is 0.102. The molecule has 0 spiro atoms. The molecule has 6 nitrogen and oxygen atoms in total. The van der Waals surface area contributed by atoms with Gasteiger partial charge in [-0.05, 0) is 35.9 Å². The molecule has 0 saturated heterocycles. The first-order valence-corrected chi connectivity index (χ1v) is 10.9. The molecule has 6 heteroatoms. The van der Waals surface area contributed by atoms with Crippen molar-refractivity contribution in [3.8, 4) is 0 Å². The van der Waals surface area contributed by atoms with Crippen LogP contribution in [0.4, 0.5) is 5.69 Å². The Morgan fingerprint density at radius 3 is 2.41 bits per heavy atom. The molecule has 0 bridgehead atoms. The molecule has 1 aliphatic rings. The summed E-state index contributed by atoms with van der Waals surface area (Å²) in [5.74, 6) is -0.622. The number of carbonyl (C=O) groups is 3. The van der Waals surface area contributed by atoms with Crippen molar-refractivity contribution in [1.82, 2.24) is 10.2 Å². The summed E-state index contributed by atoms with van der Waals surface area (Å²) in [6, 6.07) is 20.6. The van der Waals surface area contributed by atoms with Gasteiger partial charge in [-0.3, -0.25) is 19.3 Å². The van der Waals surface area contributed by atoms with Gasteiger partial charge in [-0.1, -0.05) is 61.5 Å². The molecule has 1 heterocycles. The summed E-state index contributed by atoms with van der Waals surface area (Å²) in [6.45, 7) is 2.18. The first-order valence-electron chi connectivity index (χ1n) is 10.9. The van der Waals surface area contributed by atoms with E-state index in [0.717, 1.165) is 22.0 Å². The molecule has 1 N–H and O–H groups in total. The molecular formula is C26H27N3O3. The van der Waals surface area contributed by atoms with Crippen LogP contribution in [0.25, 0.3) is 10.8 Å². The Bertz CT molecular complexity index is 1150. The van der Waals surface area contributed by atoms with Crippen LogP contribution in [0.15, 0.2) is 66.7 Å². The number of benzene rings is 3. The van der Waals surface area contributed by atoms with Crippen LogP contribution in [0.3, 0.4) is 0 Å². The third kappa shape index (κ3) is 3.96. The molecule has 164 valence electrons. The Morgan fingerprint density at radius 1 is 1.00 bits per heavy atom. The van der Waals surface area contributed by atoms with Gasteiger partial charge in [0.2, 0.25) is 11.8 Å². The second-order valence-corrected chi connectivity index (χ2v) is 7.93. The van der Waals surface area contributed by atoms with Gasteiger partial charge >= 0.3 is 0 Å². The van der Waals surface area contributed by atoms with Gasteiger partial charge in [-0.15, -0.1) is 0 Å². The lowest BCUT2D eigenvalue weighted by Crippen LogP contribution is -2.52. The van der Waals surface area contributed by atoms with Crippen molar-refractivity contribution in [2.75, 3.05) is 25.0 Å². The van der Waals surface area contributed by atoms with Gasteiger partial charge in [0.1, 0.15) is 12.6 Å². The van der Waals surface area contributed by atoms with Crippen LogP contribution in [0.5, 0.6) is 0 Å². The number of likely N-dealkylation sites (N-methyl/N-ethyl adjacent to an activating group) is 1. The van der Waals surface area contributed by atoms with E-state index in [-0.39, 0.29) is 24.3 Å². The lowest BCUT2D eigenvalue weighted by Gasteiger charge is -2.31. The SMILES string of the molecule is CC[C@@H](C(=O)NC)N(CCc1ccccc1)C(=O)CN1C(=O)c2cccc3cccc1c23. The molecule has 0 radical (unpaired) electrons. The lowest BCUT2D eigenvalue weighted by molar-refractivity contribution is -0.139. The van der Waals surface area contributed by atoms with E-state index in [4.69, 9.17) is 0 Å². The lowest BCUT2D eigenvalue weighted by atomic mass is 10.1. The quantitative estimate of drug-likeness (QED) is 0.597. The van der Waals surface area contributed by atoms with Crippen LogP contribution in [0.1, 0.15) is 29.3 Å². The highest BCUT2D eigenvalue weighted by molar-refractivity contribution is 6.26. The Labute approximate surface area is 187 Å². The first kappa shape index (κ1) is 21.6. The number of nitrogens with zero attached hydrogens (tertiary/aromatic N) is 2. The standard InChI is InChI=1S/C26H27N3O3/c1-3-21(25(31)27-2)28(16-15-18-9-5-4-6-10-18)23(30)17-29-22-14-8-12-19-11-7-13-20(24(19)22)26(29)32/h4-14,21H,3,15-17H2,1-2H3,(H,27,31)/t21-/m0/s1. The van der Waals surface area contributed by atoms with Gasteiger partial charge in [0.25, 0.3) is 5.91 Å². The van der Waals surface area contributed by atoms with Crippen molar-refractivity contribution in [2.24, 2.45) is 0 Å². The fourth-order valence-corrected chi connectivity index (χ4v) is 4.42. The van der Waals surface area contributed by atoms with Gasteiger partial charge < -0.3 is 10.2 Å². The Morgan fingerprint density at radius 2 is 1.72 bits per heavy atom. The summed E-state index contributed by atoms with van der Waals surface area (Å²) < 4.78 is 0. The summed E-state index contributed by atoms with van der Waals surface area (Å²) in [5, 5.41) is 4.52. The van der Waals surface area contributed by atoms with E-state index < -0.39 is 6.04 Å². The zero-order valence-electron chi connectivity index (χ0n) is 18.4. The van der Waals surface area contributed by atoms with Crippen LogP contribution < -0.4 is 10.2 Å². The van der Waals surface area contributed by atoms with E-state index in [1.54, 1.807) is 18.0 Å². The first-order chi connectivity index (χ1) is 15.5. The molecule has 0 saturated carbocycles. The highest BCUT2D eigenvalue weighted by Crippen LogP contribution is 2.37. The van der Waals surface area contributed by atoms with E-state index in [0.29, 0.717) is 24.9 Å². The van der Waals surface area contributed by atoms with E-state index in [9.17, 15) is 14.4 Å². The van der Waals surface area contributed by atoms with Crippen LogP contribution in [-0.4, -0.2) is 48.8 Å². The summed E-state index contributed by atoms with van der Waals surface area (Å²) >= 11 is 0. The monoisotopic (exact) mass is 429 g/mol. The molecule has 3 aromatic rings. The zero-order valence-corrected chi connectivity index (χ0v) is 18.4. The van der Waals surface area contributed by atoms with Gasteiger partial charge in [-0.2, -0.15) is 0 Å². The number of carbonyl (C=O) groups excluding carboxylic acids is 3. The van der Waals surface area contributed by atoms with E-state index in [1.165, 1.54) is 4.90 Å². The summed E-state index contributed by atoms with van der Waals surface area (Å²) in [6.07, 6.45) is 1.12. The average molecular weight is 430 g/mol. The average Bonchev–Trinajstić information content (AvgIpc) is 3.10. The largest absolute Gasteiger partial charge is 0.357 e. The summed E-state index contributed by atoms with van der Waals surface area (Å²) in [5.41, 5.74) is 2.44. The zero-order chi connectivity index (χ0) is 22.7. The number of nitrogens with one attached hydrogen (secondary N) is 1. The van der Waals surface area contributed by atoms with Crippen molar-refractivity contribution >= 4 is 34.2 Å². The maximum atomic E-state index is 13.5. The summed E-state index contributed by atoms with van der Waals surface area (Å²) in [4.78, 5) is 42.3. The Kier molecular flexibility index (Phi) is 6.21. The maximum absolute atomic E-state index is 13.5. The fourth-order valence-electron chi connectivity index (χ4n) is 4.42. The highest BCUT2D eigenvalue weighted by atomic mass is 16.2. The van der Waals surface area contributed by atoms with Crippen molar-refractivity contribution in [3.63, 3.8) is 0 Å². The Balaban J connectivity index is 1.60. The molecule has 3 amide bonds. The molecule has 1 atom stereocenters. The highest BCUT2D eigenvalue weighted by Gasteiger charge is 2.34. The number of hydrogen-bond donors (Lipinski definition) is 1. The van der Waals surface area contributed by atoms with Crippen LogP contribution in [-0.2, 0) is 16.0 Å². The molecule has 0 aliphatic carbocycles. The van der Waals surface area contributed by atoms with Crippen molar-refractivity contribution in [1.29, 1.82) is 0 Å². The predicted molar refractivity (Wildman–Crippen MR) is 126 cm³/mol. The van der Waals surface area contributed by atoms with Crippen LogP contribution >= 0.6 is 0 Å². The number of hydrogen-bond acceptors (Lipinski definition) is 3. The minimum atomic E-state index is -0.591. The third-order valence-corrected chi connectivity index (χ3v) is 6.06. The normalized spacial score (nSPS) is 13.3. The topological polar surface area (TPSA) is 69.7 Å². The minimum Gasteiger partial charge on any atom is -0.357 e. The van der Waals surface area contributed by atoms with E-state index in [2.05, 4.69) is 5.32 Å². The molecule has 4 rings (SSSR count). The van der Waals surface area contributed by atoms with Gasteiger partial charge in [0, 0.05) is 24.5 Å². The molecule has 3 aromatic carbocycles. The van der Waals surface area contributed by atoms with Crippen LogP contribution in [0.2, 0.25) is 0 Å². The number of rotatable bonds is 8. The fraction of sp³-hybridized carbons (Fsp3) is 0.269.